The van der Waals surface area contributed by atoms with Gasteiger partial charge in [0.1, 0.15) is 0 Å². The van der Waals surface area contributed by atoms with Gasteiger partial charge >= 0.3 is 0 Å². The van der Waals surface area contributed by atoms with Crippen LogP contribution in [0.5, 0.6) is 0 Å². The van der Waals surface area contributed by atoms with E-state index in [2.05, 4.69) is 36.0 Å². The van der Waals surface area contributed by atoms with Crippen molar-refractivity contribution in [3.05, 3.63) is 48.5 Å². The van der Waals surface area contributed by atoms with Crippen LogP contribution in [0.25, 0.3) is 5.69 Å². The van der Waals surface area contributed by atoms with Crippen LogP contribution in [0.1, 0.15) is 76.1 Å². The first kappa shape index (κ1) is 27.4. The Kier molecular flexibility index (Phi) is 8.38. The smallest absolute Gasteiger partial charge is 0.253 e. The normalized spacial score (nSPS) is 28.7. The van der Waals surface area contributed by atoms with Crippen LogP contribution in [0.3, 0.4) is 0 Å². The largest absolute Gasteiger partial charge is 0.353 e. The lowest BCUT2D eigenvalue weighted by atomic mass is 9.77. The van der Waals surface area contributed by atoms with E-state index >= 15 is 0 Å². The molecule has 3 fully saturated rings. The van der Waals surface area contributed by atoms with E-state index < -0.39 is 0 Å². The van der Waals surface area contributed by atoms with E-state index in [-0.39, 0.29) is 47.6 Å². The van der Waals surface area contributed by atoms with E-state index in [1.807, 2.05) is 39.9 Å². The first-order valence-electron chi connectivity index (χ1n) is 14.7. The van der Waals surface area contributed by atoms with Crippen LogP contribution in [0.4, 0.5) is 0 Å². The van der Waals surface area contributed by atoms with Crippen molar-refractivity contribution in [2.24, 2.45) is 23.7 Å². The van der Waals surface area contributed by atoms with Gasteiger partial charge in [0.05, 0.1) is 6.33 Å². The lowest BCUT2D eigenvalue weighted by Gasteiger charge is -2.51. The molecule has 3 amide bonds. The van der Waals surface area contributed by atoms with Crippen LogP contribution >= 0.6 is 0 Å². The molecule has 2 aromatic rings. The Morgan fingerprint density at radius 3 is 2.56 bits per heavy atom. The Hall–Kier alpha value is -3.16. The van der Waals surface area contributed by atoms with Gasteiger partial charge in [-0.3, -0.25) is 14.4 Å². The Morgan fingerprint density at radius 2 is 1.85 bits per heavy atom. The van der Waals surface area contributed by atoms with Crippen LogP contribution in [-0.2, 0) is 9.59 Å². The minimum Gasteiger partial charge on any atom is -0.353 e. The third-order valence-corrected chi connectivity index (χ3v) is 9.04. The zero-order valence-corrected chi connectivity index (χ0v) is 23.6. The Labute approximate surface area is 232 Å². The first-order valence-corrected chi connectivity index (χ1v) is 14.7. The zero-order chi connectivity index (χ0) is 27.5. The number of aromatic nitrogens is 2. The van der Waals surface area contributed by atoms with Gasteiger partial charge < -0.3 is 19.7 Å². The van der Waals surface area contributed by atoms with Crippen molar-refractivity contribution in [2.75, 3.05) is 19.6 Å². The van der Waals surface area contributed by atoms with Crippen molar-refractivity contribution in [1.82, 2.24) is 24.7 Å². The molecule has 3 saturated heterocycles. The molecule has 5 rings (SSSR count). The molecule has 0 saturated carbocycles. The first-order chi connectivity index (χ1) is 18.8. The number of carbonyl (C=O) groups excluding carboxylic acids is 3. The average Bonchev–Trinajstić information content (AvgIpc) is 3.46. The Morgan fingerprint density at radius 1 is 1.05 bits per heavy atom. The minimum atomic E-state index is 0.0547. The maximum absolute atomic E-state index is 13.6. The van der Waals surface area contributed by atoms with E-state index in [0.717, 1.165) is 37.8 Å². The van der Waals surface area contributed by atoms with Gasteiger partial charge in [-0.25, -0.2) is 4.98 Å². The van der Waals surface area contributed by atoms with E-state index in [1.54, 1.807) is 12.5 Å². The third-order valence-electron chi connectivity index (χ3n) is 9.04. The highest BCUT2D eigenvalue weighted by Crippen LogP contribution is 2.37. The summed E-state index contributed by atoms with van der Waals surface area (Å²) in [5, 5.41) is 3.26. The van der Waals surface area contributed by atoms with Crippen molar-refractivity contribution in [2.45, 2.75) is 77.8 Å². The molecule has 8 heteroatoms. The molecule has 4 heterocycles. The molecule has 1 aromatic heterocycles. The molecule has 1 aromatic carbocycles. The quantitative estimate of drug-likeness (QED) is 0.638. The summed E-state index contributed by atoms with van der Waals surface area (Å²) in [6.45, 7) is 8.51. The monoisotopic (exact) mass is 533 g/mol. The molecule has 210 valence electrons. The van der Waals surface area contributed by atoms with E-state index in [4.69, 9.17) is 0 Å². The van der Waals surface area contributed by atoms with Crippen molar-refractivity contribution < 1.29 is 14.4 Å². The number of hydrogen-bond acceptors (Lipinski definition) is 4. The van der Waals surface area contributed by atoms with Crippen molar-refractivity contribution in [3.63, 3.8) is 0 Å². The van der Waals surface area contributed by atoms with Crippen LogP contribution in [0.2, 0.25) is 0 Å². The third kappa shape index (κ3) is 6.36. The fourth-order valence-corrected chi connectivity index (χ4v) is 6.84. The standard InChI is InChI=1S/C31H43N5O3/c1-21(2)27-12-7-22(3)15-30(38)36-18-23-16-25(28(36)5-4-6-29(37)33-27)19-35(17-23)31(39)24-8-10-26(11-9-24)34-14-13-32-20-34/h8-11,13-14,20-23,25,27-28H,4-7,12,15-19H2,1-3H3,(H,33,37)/t22-,23+,25-,27+,28+/m1/s1. The Bertz CT molecular complexity index is 1150. The lowest BCUT2D eigenvalue weighted by molar-refractivity contribution is -0.141. The van der Waals surface area contributed by atoms with Crippen LogP contribution in [0.15, 0.2) is 43.0 Å². The second-order valence-corrected chi connectivity index (χ2v) is 12.4. The highest BCUT2D eigenvalue weighted by molar-refractivity contribution is 5.94. The molecular formula is C31H43N5O3. The van der Waals surface area contributed by atoms with Gasteiger partial charge in [0.15, 0.2) is 0 Å². The predicted molar refractivity (Wildman–Crippen MR) is 150 cm³/mol. The summed E-state index contributed by atoms with van der Waals surface area (Å²) in [5.41, 5.74) is 1.66. The second-order valence-electron chi connectivity index (χ2n) is 12.4. The number of nitrogens with zero attached hydrogens (tertiary/aromatic N) is 4. The highest BCUT2D eigenvalue weighted by atomic mass is 16.2. The predicted octanol–water partition coefficient (Wildman–Crippen LogP) is 4.29. The molecule has 3 aliphatic rings. The second kappa shape index (κ2) is 11.9. The molecule has 1 N–H and O–H groups in total. The lowest BCUT2D eigenvalue weighted by Crippen LogP contribution is -2.60. The fraction of sp³-hybridized carbons (Fsp3) is 0.613. The van der Waals surface area contributed by atoms with Crippen molar-refractivity contribution in [1.29, 1.82) is 0 Å². The molecule has 5 atom stereocenters. The van der Waals surface area contributed by atoms with E-state index in [0.29, 0.717) is 44.0 Å². The molecule has 3 aliphatic heterocycles. The van der Waals surface area contributed by atoms with E-state index in [9.17, 15) is 14.4 Å². The van der Waals surface area contributed by atoms with E-state index in [1.165, 1.54) is 0 Å². The SMILES string of the molecule is CC(C)[C@@H]1CC[C@@H](C)CC(=O)N2C[C@H]3C[C@H](CN(C(=O)c4ccc(-n5ccnc5)cc4)C3)[C@@H]2CCCC(=O)N1. The summed E-state index contributed by atoms with van der Waals surface area (Å²) >= 11 is 0. The summed E-state index contributed by atoms with van der Waals surface area (Å²) in [6.07, 6.45) is 10.8. The van der Waals surface area contributed by atoms with Crippen LogP contribution in [0, 0.1) is 23.7 Å². The number of benzene rings is 1. The minimum absolute atomic E-state index is 0.0547. The molecule has 2 bridgehead atoms. The van der Waals surface area contributed by atoms with Crippen molar-refractivity contribution >= 4 is 17.7 Å². The van der Waals surface area contributed by atoms with Crippen LogP contribution in [-0.4, -0.2) is 68.8 Å². The number of rotatable bonds is 3. The number of piperidine rings is 2. The van der Waals surface area contributed by atoms with Gasteiger partial charge in [0.25, 0.3) is 5.91 Å². The molecule has 0 spiro atoms. The molecule has 0 aliphatic carbocycles. The van der Waals surface area contributed by atoms with Crippen molar-refractivity contribution in [3.8, 4) is 5.69 Å². The topological polar surface area (TPSA) is 87.5 Å². The summed E-state index contributed by atoms with van der Waals surface area (Å²) in [6, 6.07) is 7.92. The number of likely N-dealkylation sites (tertiary alicyclic amines) is 1. The average molecular weight is 534 g/mol. The summed E-state index contributed by atoms with van der Waals surface area (Å²) < 4.78 is 1.92. The Balaban J connectivity index is 1.30. The molecule has 8 nitrogen and oxygen atoms in total. The van der Waals surface area contributed by atoms with Gasteiger partial charge in [0.2, 0.25) is 11.8 Å². The number of hydrogen-bond donors (Lipinski definition) is 1. The summed E-state index contributed by atoms with van der Waals surface area (Å²) in [7, 11) is 0. The highest BCUT2D eigenvalue weighted by Gasteiger charge is 2.43. The van der Waals surface area contributed by atoms with Gasteiger partial charge in [-0.2, -0.15) is 0 Å². The molecule has 0 unspecified atom stereocenters. The molecule has 39 heavy (non-hydrogen) atoms. The fourth-order valence-electron chi connectivity index (χ4n) is 6.84. The maximum Gasteiger partial charge on any atom is 0.253 e. The number of amides is 3. The number of nitrogens with one attached hydrogen (secondary N) is 1. The van der Waals surface area contributed by atoms with Gasteiger partial charge in [0, 0.05) is 68.2 Å². The maximum atomic E-state index is 13.6. The van der Waals surface area contributed by atoms with Gasteiger partial charge in [-0.05, 0) is 80.0 Å². The number of imidazole rings is 1. The number of fused-ring (bicyclic) bond motifs is 4. The zero-order valence-electron chi connectivity index (χ0n) is 23.6. The number of carbonyl (C=O) groups is 3. The van der Waals surface area contributed by atoms with Gasteiger partial charge in [-0.1, -0.05) is 20.8 Å². The molecule has 0 radical (unpaired) electrons. The van der Waals surface area contributed by atoms with Crippen LogP contribution < -0.4 is 5.32 Å². The summed E-state index contributed by atoms with van der Waals surface area (Å²) in [4.78, 5) is 48.1. The summed E-state index contributed by atoms with van der Waals surface area (Å²) in [5.74, 6) is 1.60. The molecular weight excluding hydrogens is 490 g/mol. The van der Waals surface area contributed by atoms with Gasteiger partial charge in [-0.15, -0.1) is 0 Å².